The van der Waals surface area contributed by atoms with E-state index in [-0.39, 0.29) is 4.47 Å². The van der Waals surface area contributed by atoms with Crippen LogP contribution in [0.3, 0.4) is 0 Å². The maximum atomic E-state index is 12.8. The molecule has 1 heterocycles. The largest absolute Gasteiger partial charge is 0.417 e. The number of rotatable bonds is 2. The lowest BCUT2D eigenvalue weighted by molar-refractivity contribution is -0.138. The summed E-state index contributed by atoms with van der Waals surface area (Å²) in [6.07, 6.45) is -4.39. The standard InChI is InChI=1S/C13H11BrF3NS/c1-7-2-5-11(19-7)12(18)8-3-4-10(14)9(6-8)13(15,16)17/h2-6,12H,18H2,1H3. The van der Waals surface area contributed by atoms with E-state index in [1.807, 2.05) is 19.1 Å². The van der Waals surface area contributed by atoms with E-state index < -0.39 is 17.8 Å². The molecule has 19 heavy (non-hydrogen) atoms. The van der Waals surface area contributed by atoms with Gasteiger partial charge in [0.1, 0.15) is 0 Å². The molecule has 1 unspecified atom stereocenters. The first kappa shape index (κ1) is 14.6. The van der Waals surface area contributed by atoms with E-state index in [1.54, 1.807) is 6.07 Å². The van der Waals surface area contributed by atoms with Crippen LogP contribution in [-0.4, -0.2) is 0 Å². The molecule has 6 heteroatoms. The van der Waals surface area contributed by atoms with E-state index in [9.17, 15) is 13.2 Å². The van der Waals surface area contributed by atoms with Gasteiger partial charge >= 0.3 is 6.18 Å². The highest BCUT2D eigenvalue weighted by molar-refractivity contribution is 9.10. The summed E-state index contributed by atoms with van der Waals surface area (Å²) in [5.74, 6) is 0. The molecule has 0 fully saturated rings. The average molecular weight is 350 g/mol. The van der Waals surface area contributed by atoms with Crippen LogP contribution < -0.4 is 5.73 Å². The highest BCUT2D eigenvalue weighted by atomic mass is 79.9. The van der Waals surface area contributed by atoms with E-state index in [4.69, 9.17) is 5.73 Å². The lowest BCUT2D eigenvalue weighted by Gasteiger charge is -2.14. The van der Waals surface area contributed by atoms with E-state index in [2.05, 4.69) is 15.9 Å². The van der Waals surface area contributed by atoms with Gasteiger partial charge in [-0.15, -0.1) is 11.3 Å². The van der Waals surface area contributed by atoms with Crippen molar-refractivity contribution < 1.29 is 13.2 Å². The molecular weight excluding hydrogens is 339 g/mol. The Hall–Kier alpha value is -0.850. The first-order chi connectivity index (χ1) is 8.79. The van der Waals surface area contributed by atoms with Gasteiger partial charge in [-0.1, -0.05) is 22.0 Å². The Morgan fingerprint density at radius 2 is 1.89 bits per heavy atom. The molecule has 0 saturated carbocycles. The second kappa shape index (κ2) is 5.26. The van der Waals surface area contributed by atoms with Crippen molar-refractivity contribution in [2.24, 2.45) is 5.73 Å². The maximum absolute atomic E-state index is 12.8. The summed E-state index contributed by atoms with van der Waals surface area (Å²) in [6.45, 7) is 1.93. The van der Waals surface area contributed by atoms with E-state index in [1.165, 1.54) is 17.4 Å². The van der Waals surface area contributed by atoms with E-state index in [0.29, 0.717) is 5.56 Å². The number of aryl methyl sites for hydroxylation is 1. The number of hydrogen-bond acceptors (Lipinski definition) is 2. The summed E-state index contributed by atoms with van der Waals surface area (Å²) < 4.78 is 38.5. The van der Waals surface area contributed by atoms with Crippen molar-refractivity contribution in [2.75, 3.05) is 0 Å². The molecule has 0 bridgehead atoms. The van der Waals surface area contributed by atoms with Gasteiger partial charge in [0.15, 0.2) is 0 Å². The van der Waals surface area contributed by atoms with E-state index >= 15 is 0 Å². The maximum Gasteiger partial charge on any atom is 0.417 e. The molecule has 1 aromatic carbocycles. The molecule has 0 aliphatic heterocycles. The Morgan fingerprint density at radius 3 is 2.42 bits per heavy atom. The van der Waals surface area contributed by atoms with Crippen molar-refractivity contribution in [1.82, 2.24) is 0 Å². The fourth-order valence-electron chi connectivity index (χ4n) is 1.74. The van der Waals surface area contributed by atoms with Gasteiger partial charge in [-0.25, -0.2) is 0 Å². The molecule has 0 saturated heterocycles. The topological polar surface area (TPSA) is 26.0 Å². The second-order valence-electron chi connectivity index (χ2n) is 4.16. The highest BCUT2D eigenvalue weighted by Gasteiger charge is 2.33. The Labute approximate surface area is 121 Å². The molecule has 2 rings (SSSR count). The molecule has 0 spiro atoms. The number of alkyl halides is 3. The van der Waals surface area contributed by atoms with Crippen molar-refractivity contribution in [3.63, 3.8) is 0 Å². The number of thiophene rings is 1. The van der Waals surface area contributed by atoms with Gasteiger partial charge in [0, 0.05) is 14.2 Å². The monoisotopic (exact) mass is 349 g/mol. The fourth-order valence-corrected chi connectivity index (χ4v) is 3.12. The smallest absolute Gasteiger partial charge is 0.320 e. The number of hydrogen-bond donors (Lipinski definition) is 1. The number of benzene rings is 1. The van der Waals surface area contributed by atoms with Crippen molar-refractivity contribution in [3.8, 4) is 0 Å². The van der Waals surface area contributed by atoms with Crippen molar-refractivity contribution in [1.29, 1.82) is 0 Å². The van der Waals surface area contributed by atoms with Gasteiger partial charge in [-0.05, 0) is 36.8 Å². The highest BCUT2D eigenvalue weighted by Crippen LogP contribution is 2.37. The summed E-state index contributed by atoms with van der Waals surface area (Å²) in [7, 11) is 0. The predicted molar refractivity (Wildman–Crippen MR) is 74.2 cm³/mol. The second-order valence-corrected chi connectivity index (χ2v) is 6.34. The molecule has 0 aliphatic carbocycles. The lowest BCUT2D eigenvalue weighted by atomic mass is 10.0. The minimum Gasteiger partial charge on any atom is -0.320 e. The van der Waals surface area contributed by atoms with Gasteiger partial charge < -0.3 is 5.73 Å². The minimum atomic E-state index is -4.39. The van der Waals surface area contributed by atoms with Crippen LogP contribution in [0.5, 0.6) is 0 Å². The summed E-state index contributed by atoms with van der Waals surface area (Å²) in [6, 6.07) is 7.32. The molecule has 1 nitrogen and oxygen atoms in total. The molecule has 0 amide bonds. The van der Waals surface area contributed by atoms with Crippen molar-refractivity contribution in [2.45, 2.75) is 19.1 Å². The zero-order valence-corrected chi connectivity index (χ0v) is 12.4. The van der Waals surface area contributed by atoms with Crippen LogP contribution in [0.1, 0.15) is 26.9 Å². The molecule has 1 atom stereocenters. The van der Waals surface area contributed by atoms with Crippen LogP contribution in [0.2, 0.25) is 0 Å². The third kappa shape index (κ3) is 3.19. The first-order valence-corrected chi connectivity index (χ1v) is 7.08. The van der Waals surface area contributed by atoms with Crippen LogP contribution in [0.25, 0.3) is 0 Å². The zero-order valence-electron chi connectivity index (χ0n) is 9.96. The third-order valence-corrected chi connectivity index (χ3v) is 4.50. The Balaban J connectivity index is 2.41. The summed E-state index contributed by atoms with van der Waals surface area (Å²) in [5.41, 5.74) is 5.78. The predicted octanol–water partition coefficient (Wildman–Crippen LogP) is 4.89. The normalized spacial score (nSPS) is 13.6. The first-order valence-electron chi connectivity index (χ1n) is 5.47. The molecule has 1 aromatic heterocycles. The van der Waals surface area contributed by atoms with Crippen LogP contribution in [0, 0.1) is 6.92 Å². The summed E-state index contributed by atoms with van der Waals surface area (Å²) >= 11 is 4.41. The molecule has 0 radical (unpaired) electrons. The molecule has 0 aliphatic rings. The number of nitrogens with two attached hydrogens (primary N) is 1. The Bertz CT molecular complexity index is 592. The Kier molecular flexibility index (Phi) is 4.03. The van der Waals surface area contributed by atoms with Crippen LogP contribution in [0.4, 0.5) is 13.2 Å². The molecular formula is C13H11BrF3NS. The quantitative estimate of drug-likeness (QED) is 0.820. The summed E-state index contributed by atoms with van der Waals surface area (Å²) in [4.78, 5) is 1.94. The van der Waals surface area contributed by atoms with Crippen molar-refractivity contribution in [3.05, 3.63) is 55.7 Å². The molecule has 2 aromatic rings. The Morgan fingerprint density at radius 1 is 1.21 bits per heavy atom. The van der Waals surface area contributed by atoms with Crippen LogP contribution in [0.15, 0.2) is 34.8 Å². The van der Waals surface area contributed by atoms with Gasteiger partial charge in [-0.3, -0.25) is 0 Å². The molecule has 102 valence electrons. The van der Waals surface area contributed by atoms with Gasteiger partial charge in [0.25, 0.3) is 0 Å². The van der Waals surface area contributed by atoms with Crippen LogP contribution in [-0.2, 0) is 6.18 Å². The third-order valence-electron chi connectivity index (χ3n) is 2.72. The number of halogens is 4. The zero-order chi connectivity index (χ0) is 14.2. The van der Waals surface area contributed by atoms with Gasteiger partial charge in [-0.2, -0.15) is 13.2 Å². The minimum absolute atomic E-state index is 0.0262. The SMILES string of the molecule is Cc1ccc(C(N)c2ccc(Br)c(C(F)(F)F)c2)s1. The summed E-state index contributed by atoms with van der Waals surface area (Å²) in [5, 5.41) is 0. The molecule has 2 N–H and O–H groups in total. The van der Waals surface area contributed by atoms with Gasteiger partial charge in [0.05, 0.1) is 11.6 Å². The average Bonchev–Trinajstić information content (AvgIpc) is 2.74. The van der Waals surface area contributed by atoms with Gasteiger partial charge in [0.2, 0.25) is 0 Å². The fraction of sp³-hybridized carbons (Fsp3) is 0.231. The lowest BCUT2D eigenvalue weighted by Crippen LogP contribution is -2.13. The van der Waals surface area contributed by atoms with Crippen LogP contribution >= 0.6 is 27.3 Å². The van der Waals surface area contributed by atoms with E-state index in [0.717, 1.165) is 15.8 Å². The van der Waals surface area contributed by atoms with Crippen molar-refractivity contribution >= 4 is 27.3 Å².